The normalized spacial score (nSPS) is 12.0. The fourth-order valence-electron chi connectivity index (χ4n) is 4.52. The molecule has 1 heteroatoms. The SMILES string of the molecule is CCCCCCC[N+](CCCCC)(CCCCCCC)CCCCCCC. The van der Waals surface area contributed by atoms with Gasteiger partial charge in [0, 0.05) is 0 Å². The van der Waals surface area contributed by atoms with Crippen molar-refractivity contribution >= 4 is 0 Å². The molecule has 0 aliphatic rings. The molecule has 0 aromatic rings. The molecule has 0 amide bonds. The zero-order valence-corrected chi connectivity index (χ0v) is 20.0. The summed E-state index contributed by atoms with van der Waals surface area (Å²) in [5, 5.41) is 0. The fourth-order valence-corrected chi connectivity index (χ4v) is 4.52. The Kier molecular flexibility index (Phi) is 20.7. The molecule has 0 spiro atoms. The smallest absolute Gasteiger partial charge is 0.0786 e. The van der Waals surface area contributed by atoms with Gasteiger partial charge in [-0.05, 0) is 51.4 Å². The second-order valence-electron chi connectivity index (χ2n) is 9.19. The molecule has 0 aromatic carbocycles. The highest BCUT2D eigenvalue weighted by Gasteiger charge is 2.25. The Morgan fingerprint density at radius 1 is 0.296 bits per heavy atom. The van der Waals surface area contributed by atoms with Crippen LogP contribution in [0.1, 0.15) is 143 Å². The van der Waals surface area contributed by atoms with Crippen LogP contribution in [-0.4, -0.2) is 30.7 Å². The summed E-state index contributed by atoms with van der Waals surface area (Å²) in [6, 6.07) is 0. The predicted molar refractivity (Wildman–Crippen MR) is 126 cm³/mol. The van der Waals surface area contributed by atoms with Gasteiger partial charge in [0.2, 0.25) is 0 Å². The average molecular weight is 383 g/mol. The Balaban J connectivity index is 4.61. The molecule has 0 N–H and O–H groups in total. The number of quaternary nitrogens is 1. The van der Waals surface area contributed by atoms with E-state index in [0.717, 1.165) is 0 Å². The van der Waals surface area contributed by atoms with Crippen LogP contribution >= 0.6 is 0 Å². The van der Waals surface area contributed by atoms with Crippen LogP contribution in [0.5, 0.6) is 0 Å². The van der Waals surface area contributed by atoms with Crippen molar-refractivity contribution in [3.63, 3.8) is 0 Å². The standard InChI is InChI=1S/C26H56N/c1-5-9-13-16-20-24-27(23-19-12-8-4,25-21-17-14-10-6-2)26-22-18-15-11-7-3/h5-26H2,1-4H3/q+1. The molecule has 0 aliphatic heterocycles. The van der Waals surface area contributed by atoms with Gasteiger partial charge < -0.3 is 4.48 Å². The summed E-state index contributed by atoms with van der Waals surface area (Å²) in [7, 11) is 0. The third-order valence-corrected chi connectivity index (χ3v) is 6.44. The molecule has 1 nitrogen and oxygen atoms in total. The van der Waals surface area contributed by atoms with Gasteiger partial charge in [-0.2, -0.15) is 0 Å². The second kappa shape index (κ2) is 20.7. The molecular formula is C26H56N+. The van der Waals surface area contributed by atoms with Crippen LogP contribution in [0.3, 0.4) is 0 Å². The van der Waals surface area contributed by atoms with E-state index in [2.05, 4.69) is 27.7 Å². The van der Waals surface area contributed by atoms with E-state index in [4.69, 9.17) is 0 Å². The third kappa shape index (κ3) is 16.6. The highest BCUT2D eigenvalue weighted by atomic mass is 15.3. The first kappa shape index (κ1) is 27.0. The molecule has 0 saturated carbocycles. The first-order chi connectivity index (χ1) is 13.2. The zero-order chi connectivity index (χ0) is 20.1. The van der Waals surface area contributed by atoms with Gasteiger partial charge >= 0.3 is 0 Å². The third-order valence-electron chi connectivity index (χ3n) is 6.44. The maximum atomic E-state index is 2.36. The van der Waals surface area contributed by atoms with Crippen LogP contribution in [0, 0.1) is 0 Å². The Bertz CT molecular complexity index is 237. The minimum absolute atomic E-state index is 1.36. The number of hydrogen-bond donors (Lipinski definition) is 0. The lowest BCUT2D eigenvalue weighted by Crippen LogP contribution is -2.50. The lowest BCUT2D eigenvalue weighted by molar-refractivity contribution is -0.929. The summed E-state index contributed by atoms with van der Waals surface area (Å²) in [4.78, 5) is 0. The highest BCUT2D eigenvalue weighted by Crippen LogP contribution is 2.19. The molecule has 0 saturated heterocycles. The molecule has 0 unspecified atom stereocenters. The van der Waals surface area contributed by atoms with Crippen molar-refractivity contribution in [2.75, 3.05) is 26.2 Å². The number of nitrogens with zero attached hydrogens (tertiary/aromatic N) is 1. The Hall–Kier alpha value is -0.0400. The molecule has 0 atom stereocenters. The van der Waals surface area contributed by atoms with Crippen LogP contribution in [0.2, 0.25) is 0 Å². The van der Waals surface area contributed by atoms with E-state index in [1.54, 1.807) is 0 Å². The van der Waals surface area contributed by atoms with E-state index in [-0.39, 0.29) is 0 Å². The zero-order valence-electron chi connectivity index (χ0n) is 20.0. The maximum Gasteiger partial charge on any atom is 0.0786 e. The van der Waals surface area contributed by atoms with Crippen molar-refractivity contribution in [3.05, 3.63) is 0 Å². The number of rotatable bonds is 22. The van der Waals surface area contributed by atoms with Crippen molar-refractivity contribution < 1.29 is 4.48 Å². The average Bonchev–Trinajstić information content (AvgIpc) is 2.67. The summed E-state index contributed by atoms with van der Waals surface area (Å²) in [5.41, 5.74) is 0. The summed E-state index contributed by atoms with van der Waals surface area (Å²) < 4.78 is 1.46. The maximum absolute atomic E-state index is 2.36. The predicted octanol–water partition coefficient (Wildman–Crippen LogP) is 8.90. The van der Waals surface area contributed by atoms with Gasteiger partial charge in [-0.1, -0.05) is 91.9 Å². The minimum Gasteiger partial charge on any atom is -0.324 e. The monoisotopic (exact) mass is 382 g/mol. The van der Waals surface area contributed by atoms with E-state index < -0.39 is 0 Å². The molecule has 0 fully saturated rings. The van der Waals surface area contributed by atoms with E-state index in [1.807, 2.05) is 0 Å². The van der Waals surface area contributed by atoms with Gasteiger partial charge in [0.15, 0.2) is 0 Å². The summed E-state index contributed by atoms with van der Waals surface area (Å²) in [6.45, 7) is 15.2. The molecule has 0 bridgehead atoms. The largest absolute Gasteiger partial charge is 0.324 e. The molecule has 0 heterocycles. The molecule has 0 rings (SSSR count). The van der Waals surface area contributed by atoms with E-state index in [0.29, 0.717) is 0 Å². The van der Waals surface area contributed by atoms with Crippen molar-refractivity contribution in [2.45, 2.75) is 143 Å². The lowest BCUT2D eigenvalue weighted by atomic mass is 10.1. The minimum atomic E-state index is 1.36. The topological polar surface area (TPSA) is 0 Å². The van der Waals surface area contributed by atoms with Crippen molar-refractivity contribution in [3.8, 4) is 0 Å². The molecule has 164 valence electrons. The second-order valence-corrected chi connectivity index (χ2v) is 9.19. The number of hydrogen-bond acceptors (Lipinski definition) is 0. The van der Waals surface area contributed by atoms with Crippen LogP contribution in [0.4, 0.5) is 0 Å². The van der Waals surface area contributed by atoms with Gasteiger partial charge in [0.25, 0.3) is 0 Å². The van der Waals surface area contributed by atoms with Gasteiger partial charge in [-0.3, -0.25) is 0 Å². The van der Waals surface area contributed by atoms with Gasteiger partial charge in [0.1, 0.15) is 0 Å². The van der Waals surface area contributed by atoms with E-state index in [9.17, 15) is 0 Å². The van der Waals surface area contributed by atoms with Crippen molar-refractivity contribution in [2.24, 2.45) is 0 Å². The van der Waals surface area contributed by atoms with Crippen molar-refractivity contribution in [1.82, 2.24) is 0 Å². The first-order valence-corrected chi connectivity index (χ1v) is 13.1. The Morgan fingerprint density at radius 2 is 0.519 bits per heavy atom. The summed E-state index contributed by atoms with van der Waals surface area (Å²) >= 11 is 0. The Labute approximate surface area is 174 Å². The molecule has 0 aliphatic carbocycles. The van der Waals surface area contributed by atoms with Gasteiger partial charge in [-0.15, -0.1) is 0 Å². The van der Waals surface area contributed by atoms with Crippen LogP contribution < -0.4 is 0 Å². The summed E-state index contributed by atoms with van der Waals surface area (Å²) in [5.74, 6) is 0. The molecule has 27 heavy (non-hydrogen) atoms. The molecular weight excluding hydrogens is 326 g/mol. The quantitative estimate of drug-likeness (QED) is 0.129. The van der Waals surface area contributed by atoms with Crippen LogP contribution in [0.25, 0.3) is 0 Å². The van der Waals surface area contributed by atoms with Crippen LogP contribution in [-0.2, 0) is 0 Å². The lowest BCUT2D eigenvalue weighted by Gasteiger charge is -2.39. The Morgan fingerprint density at radius 3 is 0.815 bits per heavy atom. The molecule has 0 radical (unpaired) electrons. The van der Waals surface area contributed by atoms with E-state index >= 15 is 0 Å². The van der Waals surface area contributed by atoms with E-state index in [1.165, 1.54) is 146 Å². The fraction of sp³-hybridized carbons (Fsp3) is 1.00. The van der Waals surface area contributed by atoms with Gasteiger partial charge in [0.05, 0.1) is 26.2 Å². The summed E-state index contributed by atoms with van der Waals surface area (Å²) in [6.07, 6.45) is 25.8. The van der Waals surface area contributed by atoms with Crippen molar-refractivity contribution in [1.29, 1.82) is 0 Å². The highest BCUT2D eigenvalue weighted by molar-refractivity contribution is 4.53. The van der Waals surface area contributed by atoms with Crippen LogP contribution in [0.15, 0.2) is 0 Å². The number of unbranched alkanes of at least 4 members (excludes halogenated alkanes) is 14. The first-order valence-electron chi connectivity index (χ1n) is 13.1. The van der Waals surface area contributed by atoms with Gasteiger partial charge in [-0.25, -0.2) is 0 Å². The molecule has 0 aromatic heterocycles.